The molecule has 3 rings (SSSR count). The van der Waals surface area contributed by atoms with Crippen LogP contribution in [0.25, 0.3) is 0 Å². The number of hydrogen-bond acceptors (Lipinski definition) is 6. The summed E-state index contributed by atoms with van der Waals surface area (Å²) in [5.74, 6) is -0.182. The van der Waals surface area contributed by atoms with Gasteiger partial charge < -0.3 is 9.64 Å². The van der Waals surface area contributed by atoms with Gasteiger partial charge in [0.1, 0.15) is 4.34 Å². The molecule has 0 aliphatic heterocycles. The maximum absolute atomic E-state index is 12.7. The van der Waals surface area contributed by atoms with Crippen molar-refractivity contribution in [2.45, 2.75) is 30.0 Å². The lowest BCUT2D eigenvalue weighted by molar-refractivity contribution is -0.126. The molecule has 1 amide bonds. The van der Waals surface area contributed by atoms with E-state index >= 15 is 0 Å². The van der Waals surface area contributed by atoms with Gasteiger partial charge in [-0.1, -0.05) is 48.2 Å². The van der Waals surface area contributed by atoms with Crippen LogP contribution < -0.4 is 4.90 Å². The highest BCUT2D eigenvalue weighted by molar-refractivity contribution is 8.00. The maximum Gasteiger partial charge on any atom is 0.339 e. The molecule has 0 bridgehead atoms. The smallest absolute Gasteiger partial charge is 0.339 e. The Balaban J connectivity index is 1.66. The highest BCUT2D eigenvalue weighted by Gasteiger charge is 2.24. The first-order valence-corrected chi connectivity index (χ1v) is 11.0. The molecule has 150 valence electrons. The molecule has 1 atom stereocenters. The molecule has 0 saturated carbocycles. The molecular formula is C22H22N2O3S2. The number of carbonyl (C=O) groups excluding carboxylic acids is 2. The van der Waals surface area contributed by atoms with Crippen LogP contribution in [-0.2, 0) is 15.3 Å². The number of carbonyl (C=O) groups is 2. The van der Waals surface area contributed by atoms with Gasteiger partial charge in [0.25, 0.3) is 5.91 Å². The lowest BCUT2D eigenvalue weighted by Crippen LogP contribution is -2.37. The van der Waals surface area contributed by atoms with Crippen molar-refractivity contribution in [3.8, 4) is 0 Å². The molecule has 0 radical (unpaired) electrons. The van der Waals surface area contributed by atoms with Gasteiger partial charge in [-0.05, 0) is 37.6 Å². The van der Waals surface area contributed by atoms with Gasteiger partial charge in [-0.2, -0.15) is 0 Å². The third-order valence-corrected chi connectivity index (χ3v) is 6.48. The molecule has 0 fully saturated rings. The molecule has 1 aromatic heterocycles. The van der Waals surface area contributed by atoms with Crippen molar-refractivity contribution >= 4 is 40.7 Å². The minimum absolute atomic E-state index is 0.283. The Morgan fingerprint density at radius 1 is 1.14 bits per heavy atom. The number of rotatable bonds is 7. The Morgan fingerprint density at radius 2 is 1.83 bits per heavy atom. The Kier molecular flexibility index (Phi) is 7.06. The number of thioether (sulfide) groups is 1. The molecular weight excluding hydrogens is 404 g/mol. The van der Waals surface area contributed by atoms with Gasteiger partial charge in [-0.3, -0.25) is 4.79 Å². The van der Waals surface area contributed by atoms with E-state index in [4.69, 9.17) is 4.74 Å². The minimum atomic E-state index is -0.893. The van der Waals surface area contributed by atoms with Crippen molar-refractivity contribution in [1.82, 2.24) is 4.98 Å². The highest BCUT2D eigenvalue weighted by Crippen LogP contribution is 2.27. The second kappa shape index (κ2) is 9.71. The zero-order chi connectivity index (χ0) is 20.8. The zero-order valence-corrected chi connectivity index (χ0v) is 18.1. The number of aromatic nitrogens is 1. The molecule has 0 spiro atoms. The van der Waals surface area contributed by atoms with Crippen LogP contribution in [0.5, 0.6) is 0 Å². The fourth-order valence-corrected chi connectivity index (χ4v) is 4.56. The van der Waals surface area contributed by atoms with E-state index < -0.39 is 12.1 Å². The SMILES string of the molecule is Cc1csc(SCc2ccccc2C(=O)O[C@@H](C)C(=O)N(C)c2ccccc2)n1. The first-order valence-electron chi connectivity index (χ1n) is 9.12. The van der Waals surface area contributed by atoms with E-state index in [1.165, 1.54) is 4.90 Å². The molecule has 0 saturated heterocycles. The van der Waals surface area contributed by atoms with E-state index in [-0.39, 0.29) is 5.91 Å². The van der Waals surface area contributed by atoms with Gasteiger partial charge in [0, 0.05) is 29.6 Å². The first kappa shape index (κ1) is 21.1. The summed E-state index contributed by atoms with van der Waals surface area (Å²) in [6.45, 7) is 3.55. The predicted molar refractivity (Wildman–Crippen MR) is 118 cm³/mol. The van der Waals surface area contributed by atoms with E-state index in [2.05, 4.69) is 4.98 Å². The quantitative estimate of drug-likeness (QED) is 0.395. The van der Waals surface area contributed by atoms with Crippen molar-refractivity contribution in [3.63, 3.8) is 0 Å². The number of nitrogens with zero attached hydrogens (tertiary/aromatic N) is 2. The number of anilines is 1. The average Bonchev–Trinajstić information content (AvgIpc) is 3.17. The number of likely N-dealkylation sites (N-methyl/N-ethyl adjacent to an activating group) is 1. The fraction of sp³-hybridized carbons (Fsp3) is 0.227. The molecule has 29 heavy (non-hydrogen) atoms. The lowest BCUT2D eigenvalue weighted by Gasteiger charge is -2.22. The number of aryl methyl sites for hydroxylation is 1. The maximum atomic E-state index is 12.7. The largest absolute Gasteiger partial charge is 0.449 e. The fourth-order valence-electron chi connectivity index (χ4n) is 2.71. The number of thiazole rings is 1. The summed E-state index contributed by atoms with van der Waals surface area (Å²) < 4.78 is 6.44. The standard InChI is InChI=1S/C22H22N2O3S2/c1-15-13-28-22(23-15)29-14-17-9-7-8-12-19(17)21(26)27-16(2)20(25)24(3)18-10-5-4-6-11-18/h4-13,16H,14H2,1-3H3/t16-/m0/s1. The number of para-hydroxylation sites is 1. The van der Waals surface area contributed by atoms with E-state index in [9.17, 15) is 9.59 Å². The van der Waals surface area contributed by atoms with Crippen molar-refractivity contribution in [2.24, 2.45) is 0 Å². The summed E-state index contributed by atoms with van der Waals surface area (Å²) >= 11 is 3.16. The zero-order valence-electron chi connectivity index (χ0n) is 16.5. The van der Waals surface area contributed by atoms with Crippen LogP contribution in [0.3, 0.4) is 0 Å². The van der Waals surface area contributed by atoms with Crippen molar-refractivity contribution in [3.05, 3.63) is 76.8 Å². The highest BCUT2D eigenvalue weighted by atomic mass is 32.2. The Labute approximate surface area is 178 Å². The van der Waals surface area contributed by atoms with Crippen molar-refractivity contribution in [2.75, 3.05) is 11.9 Å². The van der Waals surface area contributed by atoms with Crippen LogP contribution in [0.15, 0.2) is 64.3 Å². The number of hydrogen-bond donors (Lipinski definition) is 0. The average molecular weight is 427 g/mol. The normalized spacial score (nSPS) is 11.7. The predicted octanol–water partition coefficient (Wildman–Crippen LogP) is 4.95. The third kappa shape index (κ3) is 5.46. The number of amides is 1. The molecule has 5 nitrogen and oxygen atoms in total. The molecule has 0 aliphatic carbocycles. The van der Waals surface area contributed by atoms with Gasteiger partial charge in [-0.25, -0.2) is 9.78 Å². The lowest BCUT2D eigenvalue weighted by atomic mass is 10.1. The first-order chi connectivity index (χ1) is 14.0. The van der Waals surface area contributed by atoms with Crippen LogP contribution in [0, 0.1) is 6.92 Å². The van der Waals surface area contributed by atoms with Crippen LogP contribution >= 0.6 is 23.1 Å². The van der Waals surface area contributed by atoms with E-state index in [1.807, 2.05) is 54.8 Å². The van der Waals surface area contributed by atoms with E-state index in [1.54, 1.807) is 49.2 Å². The number of benzene rings is 2. The topological polar surface area (TPSA) is 59.5 Å². The third-order valence-electron chi connectivity index (χ3n) is 4.29. The van der Waals surface area contributed by atoms with Gasteiger partial charge in [0.2, 0.25) is 0 Å². The second-order valence-electron chi connectivity index (χ2n) is 6.48. The molecule has 1 heterocycles. The molecule has 3 aromatic rings. The van der Waals surface area contributed by atoms with E-state index in [0.29, 0.717) is 11.3 Å². The van der Waals surface area contributed by atoms with Gasteiger partial charge >= 0.3 is 5.97 Å². The van der Waals surface area contributed by atoms with Crippen LogP contribution in [-0.4, -0.2) is 30.0 Å². The van der Waals surface area contributed by atoms with Gasteiger partial charge in [-0.15, -0.1) is 11.3 Å². The van der Waals surface area contributed by atoms with Crippen LogP contribution in [0.1, 0.15) is 28.5 Å². The van der Waals surface area contributed by atoms with Crippen LogP contribution in [0.2, 0.25) is 0 Å². The summed E-state index contributed by atoms with van der Waals surface area (Å²) in [4.78, 5) is 31.3. The van der Waals surface area contributed by atoms with Crippen LogP contribution in [0.4, 0.5) is 5.69 Å². The Bertz CT molecular complexity index is 988. The number of esters is 1. The van der Waals surface area contributed by atoms with Gasteiger partial charge in [0.05, 0.1) is 5.56 Å². The summed E-state index contributed by atoms with van der Waals surface area (Å²) in [7, 11) is 1.67. The van der Waals surface area contributed by atoms with Crippen molar-refractivity contribution in [1.29, 1.82) is 0 Å². The molecule has 0 aliphatic rings. The van der Waals surface area contributed by atoms with Crippen molar-refractivity contribution < 1.29 is 14.3 Å². The number of ether oxygens (including phenoxy) is 1. The summed E-state index contributed by atoms with van der Waals surface area (Å²) in [5.41, 5.74) is 3.05. The monoisotopic (exact) mass is 426 g/mol. The second-order valence-corrected chi connectivity index (χ2v) is 8.56. The van der Waals surface area contributed by atoms with E-state index in [0.717, 1.165) is 21.3 Å². The summed E-state index contributed by atoms with van der Waals surface area (Å²) in [6.07, 6.45) is -0.893. The molecule has 0 N–H and O–H groups in total. The summed E-state index contributed by atoms with van der Waals surface area (Å²) in [5, 5.41) is 2.00. The Morgan fingerprint density at radius 3 is 2.52 bits per heavy atom. The molecule has 0 unspecified atom stereocenters. The Hall–Kier alpha value is -2.64. The molecule has 7 heteroatoms. The molecule has 2 aromatic carbocycles. The minimum Gasteiger partial charge on any atom is -0.449 e. The summed E-state index contributed by atoms with van der Waals surface area (Å²) in [6, 6.07) is 16.6. The van der Waals surface area contributed by atoms with Gasteiger partial charge in [0.15, 0.2) is 6.10 Å².